The molecule has 0 fully saturated rings. The summed E-state index contributed by atoms with van der Waals surface area (Å²) >= 11 is 0. The number of aromatic nitrogens is 1. The summed E-state index contributed by atoms with van der Waals surface area (Å²) in [6.07, 6.45) is 1.70. The summed E-state index contributed by atoms with van der Waals surface area (Å²) in [6, 6.07) is 18.5. The van der Waals surface area contributed by atoms with Crippen LogP contribution in [0.3, 0.4) is 0 Å². The zero-order chi connectivity index (χ0) is 21.9. The maximum atomic E-state index is 13.3. The van der Waals surface area contributed by atoms with Crippen LogP contribution in [0, 0.1) is 12.3 Å². The Balaban J connectivity index is 2.19. The van der Waals surface area contributed by atoms with Gasteiger partial charge in [-0.15, -0.1) is 0 Å². The summed E-state index contributed by atoms with van der Waals surface area (Å²) in [5, 5.41) is 9.82. The second-order valence-electron chi connectivity index (χ2n) is 8.32. The zero-order valence-corrected chi connectivity index (χ0v) is 17.7. The number of anilines is 1. The molecule has 5 nitrogen and oxygen atoms in total. The van der Waals surface area contributed by atoms with Gasteiger partial charge in [0.2, 0.25) is 5.91 Å². The van der Waals surface area contributed by atoms with Gasteiger partial charge in [0.1, 0.15) is 0 Å². The number of pyridine rings is 1. The highest BCUT2D eigenvalue weighted by molar-refractivity contribution is 6.02. The number of carboxylic acids is 1. The third-order valence-corrected chi connectivity index (χ3v) is 4.86. The molecule has 0 saturated heterocycles. The number of hydrogen-bond donors (Lipinski definition) is 1. The Morgan fingerprint density at radius 2 is 1.67 bits per heavy atom. The average Bonchev–Trinajstić information content (AvgIpc) is 2.71. The van der Waals surface area contributed by atoms with E-state index in [0.29, 0.717) is 23.4 Å². The van der Waals surface area contributed by atoms with Gasteiger partial charge in [-0.1, -0.05) is 57.2 Å². The van der Waals surface area contributed by atoms with E-state index >= 15 is 0 Å². The minimum atomic E-state index is -0.990. The molecule has 0 bridgehead atoms. The number of rotatable bonds is 5. The van der Waals surface area contributed by atoms with Gasteiger partial charge >= 0.3 is 5.97 Å². The van der Waals surface area contributed by atoms with Crippen LogP contribution >= 0.6 is 0 Å². The molecule has 30 heavy (non-hydrogen) atoms. The van der Waals surface area contributed by atoms with Crippen LogP contribution in [0.5, 0.6) is 0 Å². The number of aryl methyl sites for hydroxylation is 1. The molecule has 0 radical (unpaired) electrons. The minimum absolute atomic E-state index is 0.0605. The first-order valence-electron chi connectivity index (χ1n) is 9.83. The zero-order valence-electron chi connectivity index (χ0n) is 17.7. The van der Waals surface area contributed by atoms with Gasteiger partial charge in [-0.05, 0) is 47.9 Å². The minimum Gasteiger partial charge on any atom is -0.478 e. The van der Waals surface area contributed by atoms with E-state index in [1.165, 1.54) is 0 Å². The lowest BCUT2D eigenvalue weighted by Crippen LogP contribution is -2.39. The molecule has 0 spiro atoms. The molecule has 1 amide bonds. The van der Waals surface area contributed by atoms with E-state index in [-0.39, 0.29) is 11.5 Å². The summed E-state index contributed by atoms with van der Waals surface area (Å²) in [5.74, 6) is -1.05. The second kappa shape index (κ2) is 8.49. The largest absolute Gasteiger partial charge is 0.478 e. The average molecular weight is 402 g/mol. The SMILES string of the molecule is Cc1cc(N(Cc2ccccn2)C(=O)C(C)(C)C)cc(-c2ccccc2)c1C(=O)O. The van der Waals surface area contributed by atoms with Gasteiger partial charge in [-0.2, -0.15) is 0 Å². The lowest BCUT2D eigenvalue weighted by molar-refractivity contribution is -0.125. The highest BCUT2D eigenvalue weighted by atomic mass is 16.4. The second-order valence-corrected chi connectivity index (χ2v) is 8.32. The molecule has 0 atom stereocenters. The van der Waals surface area contributed by atoms with Crippen molar-refractivity contribution >= 4 is 17.6 Å². The van der Waals surface area contributed by atoms with Crippen molar-refractivity contribution in [3.63, 3.8) is 0 Å². The van der Waals surface area contributed by atoms with Crippen LogP contribution in [0.15, 0.2) is 66.9 Å². The molecule has 0 aliphatic carbocycles. The molecule has 1 N–H and O–H groups in total. The number of carboxylic acid groups (broad SMARTS) is 1. The van der Waals surface area contributed by atoms with Gasteiger partial charge < -0.3 is 10.0 Å². The van der Waals surface area contributed by atoms with E-state index in [2.05, 4.69) is 4.98 Å². The Morgan fingerprint density at radius 3 is 2.23 bits per heavy atom. The first-order chi connectivity index (χ1) is 14.2. The Bertz CT molecular complexity index is 1060. The van der Waals surface area contributed by atoms with Crippen LogP contribution in [0.25, 0.3) is 11.1 Å². The van der Waals surface area contributed by atoms with Gasteiger partial charge in [0.15, 0.2) is 0 Å². The molecule has 1 aromatic heterocycles. The van der Waals surface area contributed by atoms with E-state index < -0.39 is 11.4 Å². The Morgan fingerprint density at radius 1 is 1.00 bits per heavy atom. The van der Waals surface area contributed by atoms with Gasteiger partial charge in [-0.3, -0.25) is 9.78 Å². The van der Waals surface area contributed by atoms with E-state index in [0.717, 1.165) is 11.3 Å². The van der Waals surface area contributed by atoms with Crippen LogP contribution in [0.2, 0.25) is 0 Å². The lowest BCUT2D eigenvalue weighted by Gasteiger charge is -2.30. The van der Waals surface area contributed by atoms with Crippen LogP contribution in [0.4, 0.5) is 5.69 Å². The van der Waals surface area contributed by atoms with Crippen LogP contribution < -0.4 is 4.90 Å². The first kappa shape index (κ1) is 21.2. The molecular weight excluding hydrogens is 376 g/mol. The number of amides is 1. The predicted molar refractivity (Wildman–Crippen MR) is 118 cm³/mol. The molecule has 3 aromatic rings. The maximum absolute atomic E-state index is 13.3. The monoisotopic (exact) mass is 402 g/mol. The van der Waals surface area contributed by atoms with Gasteiger partial charge in [-0.25, -0.2) is 4.79 Å². The summed E-state index contributed by atoms with van der Waals surface area (Å²) < 4.78 is 0. The normalized spacial score (nSPS) is 11.2. The van der Waals surface area contributed by atoms with E-state index in [9.17, 15) is 14.7 Å². The number of aromatic carboxylic acids is 1. The third-order valence-electron chi connectivity index (χ3n) is 4.86. The number of benzene rings is 2. The fourth-order valence-electron chi connectivity index (χ4n) is 3.39. The molecule has 1 heterocycles. The molecule has 0 unspecified atom stereocenters. The van der Waals surface area contributed by atoms with Crippen molar-refractivity contribution < 1.29 is 14.7 Å². The summed E-state index contributed by atoms with van der Waals surface area (Å²) in [6.45, 7) is 7.68. The highest BCUT2D eigenvalue weighted by Gasteiger charge is 2.30. The van der Waals surface area contributed by atoms with Crippen molar-refractivity contribution in [1.29, 1.82) is 0 Å². The topological polar surface area (TPSA) is 70.5 Å². The smallest absolute Gasteiger partial charge is 0.336 e. The van der Waals surface area contributed by atoms with Crippen LogP contribution in [-0.2, 0) is 11.3 Å². The molecule has 0 aliphatic rings. The Kier molecular flexibility index (Phi) is 6.01. The highest BCUT2D eigenvalue weighted by Crippen LogP contribution is 2.34. The fraction of sp³-hybridized carbons (Fsp3) is 0.240. The maximum Gasteiger partial charge on any atom is 0.336 e. The van der Waals surface area contributed by atoms with Crippen molar-refractivity contribution in [2.45, 2.75) is 34.2 Å². The van der Waals surface area contributed by atoms with Crippen molar-refractivity contribution in [1.82, 2.24) is 4.98 Å². The van der Waals surface area contributed by atoms with Crippen molar-refractivity contribution in [2.24, 2.45) is 5.41 Å². The number of nitrogens with zero attached hydrogens (tertiary/aromatic N) is 2. The first-order valence-corrected chi connectivity index (χ1v) is 9.83. The molecule has 154 valence electrons. The standard InChI is InChI=1S/C25H26N2O3/c1-17-14-20(15-21(22(17)23(28)29)18-10-6-5-7-11-18)27(24(30)25(2,3)4)16-19-12-8-9-13-26-19/h5-15H,16H2,1-4H3,(H,28,29). The summed E-state index contributed by atoms with van der Waals surface area (Å²) in [7, 11) is 0. The fourth-order valence-corrected chi connectivity index (χ4v) is 3.39. The van der Waals surface area contributed by atoms with Gasteiger partial charge in [0, 0.05) is 17.3 Å². The van der Waals surface area contributed by atoms with E-state index in [1.807, 2.05) is 69.3 Å². The van der Waals surface area contributed by atoms with Crippen LogP contribution in [-0.4, -0.2) is 22.0 Å². The number of carbonyl (C=O) groups is 2. The van der Waals surface area contributed by atoms with Crippen molar-refractivity contribution in [3.8, 4) is 11.1 Å². The van der Waals surface area contributed by atoms with Crippen molar-refractivity contribution in [3.05, 3.63) is 83.7 Å². The quantitative estimate of drug-likeness (QED) is 0.626. The molecule has 0 saturated carbocycles. The Hall–Kier alpha value is -3.47. The molecule has 3 rings (SSSR count). The lowest BCUT2D eigenvalue weighted by atomic mass is 9.92. The van der Waals surface area contributed by atoms with Gasteiger partial charge in [0.05, 0.1) is 17.8 Å². The predicted octanol–water partition coefficient (Wildman–Crippen LogP) is 5.33. The number of carbonyl (C=O) groups excluding carboxylic acids is 1. The van der Waals surface area contributed by atoms with E-state index in [1.54, 1.807) is 30.2 Å². The van der Waals surface area contributed by atoms with Gasteiger partial charge in [0.25, 0.3) is 0 Å². The molecule has 0 aliphatic heterocycles. The number of hydrogen-bond acceptors (Lipinski definition) is 3. The van der Waals surface area contributed by atoms with E-state index in [4.69, 9.17) is 0 Å². The summed E-state index contributed by atoms with van der Waals surface area (Å²) in [5.41, 5.74) is 3.03. The third kappa shape index (κ3) is 4.57. The van der Waals surface area contributed by atoms with Crippen LogP contribution in [0.1, 0.15) is 42.4 Å². The van der Waals surface area contributed by atoms with Crippen molar-refractivity contribution in [2.75, 3.05) is 4.90 Å². The molecular formula is C25H26N2O3. The Labute approximate surface area is 177 Å². The summed E-state index contributed by atoms with van der Waals surface area (Å²) in [4.78, 5) is 31.4. The molecule has 5 heteroatoms. The molecule has 2 aromatic carbocycles.